The zero-order valence-corrected chi connectivity index (χ0v) is 10.6. The number of anilines is 2. The van der Waals surface area contributed by atoms with Gasteiger partial charge in [-0.25, -0.2) is 0 Å². The number of rotatable bonds is 3. The Morgan fingerprint density at radius 3 is 2.39 bits per heavy atom. The van der Waals surface area contributed by atoms with E-state index in [1.165, 1.54) is 0 Å². The van der Waals surface area contributed by atoms with Gasteiger partial charge in [-0.05, 0) is 30.3 Å². The first-order chi connectivity index (χ1) is 8.66. The lowest BCUT2D eigenvalue weighted by molar-refractivity contribution is 0.102. The minimum atomic E-state index is -0.0912. The molecule has 2 rings (SSSR count). The molecule has 0 bridgehead atoms. The highest BCUT2D eigenvalue weighted by Gasteiger charge is 2.05. The van der Waals surface area contributed by atoms with Gasteiger partial charge >= 0.3 is 0 Å². The monoisotopic (exact) mass is 240 g/mol. The lowest BCUT2D eigenvalue weighted by atomic mass is 10.2. The Labute approximate surface area is 107 Å². The third-order valence-corrected chi connectivity index (χ3v) is 2.66. The molecule has 3 nitrogen and oxygen atoms in total. The number of carbonyl (C=O) groups excluding carboxylic acids is 1. The van der Waals surface area contributed by atoms with E-state index in [-0.39, 0.29) is 5.91 Å². The van der Waals surface area contributed by atoms with Crippen LogP contribution in [0.1, 0.15) is 10.4 Å². The summed E-state index contributed by atoms with van der Waals surface area (Å²) in [7, 11) is 3.94. The van der Waals surface area contributed by atoms with Crippen LogP contribution in [0.3, 0.4) is 0 Å². The van der Waals surface area contributed by atoms with Gasteiger partial charge in [0.15, 0.2) is 0 Å². The van der Waals surface area contributed by atoms with Crippen molar-refractivity contribution in [2.75, 3.05) is 24.3 Å². The molecule has 0 atom stereocenters. The fraction of sp³-hybridized carbons (Fsp3) is 0.133. The number of carbonyl (C=O) groups is 1. The van der Waals surface area contributed by atoms with E-state index < -0.39 is 0 Å². The quantitative estimate of drug-likeness (QED) is 0.894. The zero-order valence-electron chi connectivity index (χ0n) is 10.6. The molecule has 92 valence electrons. The van der Waals surface area contributed by atoms with Crippen LogP contribution >= 0.6 is 0 Å². The van der Waals surface area contributed by atoms with Crippen LogP contribution in [-0.4, -0.2) is 20.0 Å². The Bertz CT molecular complexity index is 535. The second-order valence-electron chi connectivity index (χ2n) is 4.26. The number of nitrogens with one attached hydrogen (secondary N) is 1. The van der Waals surface area contributed by atoms with Crippen molar-refractivity contribution in [3.05, 3.63) is 60.2 Å². The first-order valence-electron chi connectivity index (χ1n) is 5.80. The molecule has 2 aromatic rings. The molecule has 0 heterocycles. The van der Waals surface area contributed by atoms with E-state index in [4.69, 9.17) is 0 Å². The second kappa shape index (κ2) is 5.36. The van der Waals surface area contributed by atoms with Gasteiger partial charge in [-0.1, -0.05) is 24.3 Å². The predicted molar refractivity (Wildman–Crippen MR) is 75.2 cm³/mol. The lowest BCUT2D eigenvalue weighted by Gasteiger charge is -2.14. The Hall–Kier alpha value is -2.29. The molecule has 0 aliphatic heterocycles. The third kappa shape index (κ3) is 2.88. The van der Waals surface area contributed by atoms with Crippen LogP contribution in [-0.2, 0) is 0 Å². The number of benzene rings is 2. The van der Waals surface area contributed by atoms with Crippen molar-refractivity contribution >= 4 is 17.3 Å². The molecule has 0 aliphatic carbocycles. The minimum Gasteiger partial charge on any atom is -0.378 e. The summed E-state index contributed by atoms with van der Waals surface area (Å²) in [6.45, 7) is 0. The Balaban J connectivity index is 2.15. The maximum Gasteiger partial charge on any atom is 0.255 e. The summed E-state index contributed by atoms with van der Waals surface area (Å²) < 4.78 is 0. The van der Waals surface area contributed by atoms with Gasteiger partial charge in [-0.15, -0.1) is 0 Å². The van der Waals surface area contributed by atoms with E-state index in [1.807, 2.05) is 61.5 Å². The highest BCUT2D eigenvalue weighted by Crippen LogP contribution is 2.17. The zero-order chi connectivity index (χ0) is 13.0. The van der Waals surface area contributed by atoms with Gasteiger partial charge in [0.2, 0.25) is 0 Å². The van der Waals surface area contributed by atoms with E-state index in [9.17, 15) is 4.79 Å². The van der Waals surface area contributed by atoms with Crippen LogP contribution in [0.5, 0.6) is 0 Å². The van der Waals surface area contributed by atoms with Crippen molar-refractivity contribution < 1.29 is 4.79 Å². The minimum absolute atomic E-state index is 0.0912. The van der Waals surface area contributed by atoms with Gasteiger partial charge in [0.05, 0.1) is 0 Å². The molecule has 0 aliphatic rings. The van der Waals surface area contributed by atoms with Crippen LogP contribution in [0.25, 0.3) is 0 Å². The molecule has 0 unspecified atom stereocenters. The average molecular weight is 240 g/mol. The molecule has 0 fully saturated rings. The molecule has 0 saturated carbocycles. The summed E-state index contributed by atoms with van der Waals surface area (Å²) in [6.07, 6.45) is 0. The summed E-state index contributed by atoms with van der Waals surface area (Å²) in [5.74, 6) is -0.0912. The summed E-state index contributed by atoms with van der Waals surface area (Å²) in [5.41, 5.74) is 2.52. The van der Waals surface area contributed by atoms with Gasteiger partial charge in [0.1, 0.15) is 0 Å². The molecular formula is C15H16N2O. The Morgan fingerprint density at radius 1 is 1.00 bits per heavy atom. The molecular weight excluding hydrogens is 224 g/mol. The summed E-state index contributed by atoms with van der Waals surface area (Å²) in [6, 6.07) is 16.9. The van der Waals surface area contributed by atoms with Gasteiger partial charge in [-0.3, -0.25) is 4.79 Å². The number of amides is 1. The number of hydrogen-bond donors (Lipinski definition) is 1. The Kier molecular flexibility index (Phi) is 3.63. The second-order valence-corrected chi connectivity index (χ2v) is 4.26. The van der Waals surface area contributed by atoms with Crippen molar-refractivity contribution in [2.24, 2.45) is 0 Å². The number of hydrogen-bond acceptors (Lipinski definition) is 2. The smallest absolute Gasteiger partial charge is 0.255 e. The highest BCUT2D eigenvalue weighted by molar-refractivity contribution is 6.04. The topological polar surface area (TPSA) is 32.3 Å². The molecule has 0 spiro atoms. The van der Waals surface area contributed by atoms with Crippen LogP contribution in [0.4, 0.5) is 11.4 Å². The SMILES string of the molecule is CN(C)c1cccc(NC(=O)c2ccccc2)c1. The normalized spacial score (nSPS) is 9.89. The fourth-order valence-corrected chi connectivity index (χ4v) is 1.65. The Morgan fingerprint density at radius 2 is 1.72 bits per heavy atom. The number of nitrogens with zero attached hydrogens (tertiary/aromatic N) is 1. The summed E-state index contributed by atoms with van der Waals surface area (Å²) in [4.78, 5) is 14.0. The molecule has 3 heteroatoms. The highest BCUT2D eigenvalue weighted by atomic mass is 16.1. The van der Waals surface area contributed by atoms with Crippen molar-refractivity contribution in [3.8, 4) is 0 Å². The van der Waals surface area contributed by atoms with Gasteiger partial charge in [0, 0.05) is 31.0 Å². The van der Waals surface area contributed by atoms with E-state index in [2.05, 4.69) is 5.32 Å². The van der Waals surface area contributed by atoms with E-state index in [1.54, 1.807) is 12.1 Å². The first kappa shape index (κ1) is 12.2. The summed E-state index contributed by atoms with van der Waals surface area (Å²) >= 11 is 0. The van der Waals surface area contributed by atoms with Crippen LogP contribution in [0.15, 0.2) is 54.6 Å². The van der Waals surface area contributed by atoms with E-state index >= 15 is 0 Å². The maximum atomic E-state index is 12.0. The van der Waals surface area contributed by atoms with Crippen LogP contribution in [0.2, 0.25) is 0 Å². The molecule has 1 N–H and O–H groups in total. The van der Waals surface area contributed by atoms with Crippen LogP contribution in [0, 0.1) is 0 Å². The average Bonchev–Trinajstić information content (AvgIpc) is 2.40. The fourth-order valence-electron chi connectivity index (χ4n) is 1.65. The molecule has 0 saturated heterocycles. The van der Waals surface area contributed by atoms with Crippen molar-refractivity contribution in [1.29, 1.82) is 0 Å². The van der Waals surface area contributed by atoms with E-state index in [0.717, 1.165) is 11.4 Å². The van der Waals surface area contributed by atoms with Crippen molar-refractivity contribution in [3.63, 3.8) is 0 Å². The van der Waals surface area contributed by atoms with Gasteiger partial charge in [0.25, 0.3) is 5.91 Å². The van der Waals surface area contributed by atoms with Crippen molar-refractivity contribution in [1.82, 2.24) is 0 Å². The predicted octanol–water partition coefficient (Wildman–Crippen LogP) is 3.00. The molecule has 2 aromatic carbocycles. The lowest BCUT2D eigenvalue weighted by Crippen LogP contribution is -2.13. The third-order valence-electron chi connectivity index (χ3n) is 2.66. The molecule has 0 radical (unpaired) electrons. The summed E-state index contributed by atoms with van der Waals surface area (Å²) in [5, 5.41) is 2.89. The standard InChI is InChI=1S/C15H16N2O/c1-17(2)14-10-6-9-13(11-14)16-15(18)12-7-4-3-5-8-12/h3-11H,1-2H3,(H,16,18). The van der Waals surface area contributed by atoms with Gasteiger partial charge < -0.3 is 10.2 Å². The molecule has 18 heavy (non-hydrogen) atoms. The largest absolute Gasteiger partial charge is 0.378 e. The van der Waals surface area contributed by atoms with Crippen molar-refractivity contribution in [2.45, 2.75) is 0 Å². The molecule has 1 amide bonds. The van der Waals surface area contributed by atoms with Gasteiger partial charge in [-0.2, -0.15) is 0 Å². The van der Waals surface area contributed by atoms with E-state index in [0.29, 0.717) is 5.56 Å². The first-order valence-corrected chi connectivity index (χ1v) is 5.80. The molecule has 0 aromatic heterocycles. The maximum absolute atomic E-state index is 12.0. The van der Waals surface area contributed by atoms with Crippen LogP contribution < -0.4 is 10.2 Å².